The number of rotatable bonds is 4. The number of aliphatic hydroxyl groups excluding tert-OH is 1. The van der Waals surface area contributed by atoms with Crippen LogP contribution in [0, 0.1) is 17.7 Å². The number of halogens is 1. The molecule has 0 aliphatic carbocycles. The summed E-state index contributed by atoms with van der Waals surface area (Å²) in [6.07, 6.45) is 1.13. The summed E-state index contributed by atoms with van der Waals surface area (Å²) in [6, 6.07) is 4.63. The molecule has 1 aromatic carbocycles. The fourth-order valence-electron chi connectivity index (χ4n) is 1.25. The third kappa shape index (κ3) is 4.26. The minimum Gasteiger partial charge on any atom is -0.384 e. The predicted molar refractivity (Wildman–Crippen MR) is 66.8 cm³/mol. The van der Waals surface area contributed by atoms with E-state index >= 15 is 0 Å². The van der Waals surface area contributed by atoms with Crippen molar-refractivity contribution in [1.29, 1.82) is 0 Å². The van der Waals surface area contributed by atoms with Gasteiger partial charge in [-0.05, 0) is 29.9 Å². The summed E-state index contributed by atoms with van der Waals surface area (Å²) in [5.41, 5.74) is 1.71. The number of aliphatic hydroxyl groups is 1. The quantitative estimate of drug-likeness (QED) is 0.643. The first-order valence-electron chi connectivity index (χ1n) is 5.23. The second kappa shape index (κ2) is 7.32. The van der Waals surface area contributed by atoms with Crippen molar-refractivity contribution in [2.75, 3.05) is 12.4 Å². The highest BCUT2D eigenvalue weighted by atomic mass is 32.2. The van der Waals surface area contributed by atoms with Gasteiger partial charge in [0.05, 0.1) is 0 Å². The molecule has 0 radical (unpaired) electrons. The van der Waals surface area contributed by atoms with Gasteiger partial charge in [0, 0.05) is 11.3 Å². The molecule has 0 aliphatic heterocycles. The third-order valence-electron chi connectivity index (χ3n) is 1.98. The molecule has 86 valence electrons. The van der Waals surface area contributed by atoms with Gasteiger partial charge in [0.1, 0.15) is 12.4 Å². The van der Waals surface area contributed by atoms with Crippen LogP contribution >= 0.6 is 11.8 Å². The molecule has 0 aromatic heterocycles. The zero-order chi connectivity index (χ0) is 11.8. The zero-order valence-corrected chi connectivity index (χ0v) is 10.1. The summed E-state index contributed by atoms with van der Waals surface area (Å²) in [4.78, 5) is 0. The molecule has 1 N–H and O–H groups in total. The molecule has 0 atom stereocenters. The smallest absolute Gasteiger partial charge is 0.124 e. The zero-order valence-electron chi connectivity index (χ0n) is 9.29. The standard InChI is InChI=1S/C13H15FOS/c1-2-8-16-10-12-5-6-13(14)9-11(12)4-3-7-15/h5-6,9,15H,2,7-8,10H2,1H3. The Bertz CT molecular complexity index is 393. The van der Waals surface area contributed by atoms with Crippen LogP contribution in [0.2, 0.25) is 0 Å². The second-order valence-electron chi connectivity index (χ2n) is 3.31. The van der Waals surface area contributed by atoms with Crippen molar-refractivity contribution < 1.29 is 9.50 Å². The van der Waals surface area contributed by atoms with Crippen LogP contribution in [0.3, 0.4) is 0 Å². The van der Waals surface area contributed by atoms with Crippen LogP contribution < -0.4 is 0 Å². The Hall–Kier alpha value is -0.980. The van der Waals surface area contributed by atoms with E-state index in [9.17, 15) is 4.39 Å². The molecule has 1 aromatic rings. The highest BCUT2D eigenvalue weighted by Crippen LogP contribution is 2.17. The van der Waals surface area contributed by atoms with Gasteiger partial charge in [-0.1, -0.05) is 24.8 Å². The molecule has 0 fully saturated rings. The molecule has 1 nitrogen and oxygen atoms in total. The maximum absolute atomic E-state index is 13.0. The van der Waals surface area contributed by atoms with Crippen LogP contribution in [0.4, 0.5) is 4.39 Å². The molecule has 0 spiro atoms. The number of hydrogen-bond acceptors (Lipinski definition) is 2. The van der Waals surface area contributed by atoms with Crippen LogP contribution in [0.15, 0.2) is 18.2 Å². The molecule has 0 saturated carbocycles. The van der Waals surface area contributed by atoms with Crippen LogP contribution in [-0.4, -0.2) is 17.5 Å². The first-order valence-corrected chi connectivity index (χ1v) is 6.39. The molecule has 0 heterocycles. The highest BCUT2D eigenvalue weighted by Gasteiger charge is 2.02. The van der Waals surface area contributed by atoms with Crippen molar-refractivity contribution in [3.63, 3.8) is 0 Å². The largest absolute Gasteiger partial charge is 0.384 e. The average molecular weight is 238 g/mol. The fraction of sp³-hybridized carbons (Fsp3) is 0.385. The van der Waals surface area contributed by atoms with E-state index in [2.05, 4.69) is 18.8 Å². The lowest BCUT2D eigenvalue weighted by Gasteiger charge is -2.04. The molecular formula is C13H15FOS. The van der Waals surface area contributed by atoms with Crippen molar-refractivity contribution >= 4 is 11.8 Å². The topological polar surface area (TPSA) is 20.2 Å². The Balaban J connectivity index is 2.80. The Morgan fingerprint density at radius 2 is 2.25 bits per heavy atom. The second-order valence-corrected chi connectivity index (χ2v) is 4.42. The van der Waals surface area contributed by atoms with E-state index in [4.69, 9.17) is 5.11 Å². The summed E-state index contributed by atoms with van der Waals surface area (Å²) in [5, 5.41) is 8.63. The van der Waals surface area contributed by atoms with Gasteiger partial charge < -0.3 is 5.11 Å². The van der Waals surface area contributed by atoms with E-state index in [-0.39, 0.29) is 12.4 Å². The van der Waals surface area contributed by atoms with Crippen molar-refractivity contribution in [3.05, 3.63) is 35.1 Å². The summed E-state index contributed by atoms with van der Waals surface area (Å²) in [7, 11) is 0. The van der Waals surface area contributed by atoms with Crippen LogP contribution in [0.1, 0.15) is 24.5 Å². The Morgan fingerprint density at radius 1 is 1.44 bits per heavy atom. The SMILES string of the molecule is CCCSCc1ccc(F)cc1C#CCO. The normalized spacial score (nSPS) is 9.69. The van der Waals surface area contributed by atoms with E-state index in [0.29, 0.717) is 5.56 Å². The van der Waals surface area contributed by atoms with E-state index in [1.54, 1.807) is 6.07 Å². The average Bonchev–Trinajstić information content (AvgIpc) is 2.29. The van der Waals surface area contributed by atoms with Crippen LogP contribution in [-0.2, 0) is 5.75 Å². The van der Waals surface area contributed by atoms with Gasteiger partial charge >= 0.3 is 0 Å². The van der Waals surface area contributed by atoms with E-state index in [1.807, 2.05) is 11.8 Å². The summed E-state index contributed by atoms with van der Waals surface area (Å²) in [6.45, 7) is 1.93. The van der Waals surface area contributed by atoms with Gasteiger partial charge in [0.25, 0.3) is 0 Å². The molecule has 0 amide bonds. The molecule has 0 unspecified atom stereocenters. The van der Waals surface area contributed by atoms with E-state index in [1.165, 1.54) is 12.1 Å². The Morgan fingerprint density at radius 3 is 2.94 bits per heavy atom. The van der Waals surface area contributed by atoms with Gasteiger partial charge in [0.2, 0.25) is 0 Å². The Kier molecular flexibility index (Phi) is 5.99. The minimum atomic E-state index is -0.286. The molecule has 1 rings (SSSR count). The van der Waals surface area contributed by atoms with Crippen LogP contribution in [0.5, 0.6) is 0 Å². The molecule has 0 bridgehead atoms. The van der Waals surface area contributed by atoms with Crippen LogP contribution in [0.25, 0.3) is 0 Å². The minimum absolute atomic E-state index is 0.196. The van der Waals surface area contributed by atoms with Crippen molar-refractivity contribution in [1.82, 2.24) is 0 Å². The number of benzene rings is 1. The molecule has 16 heavy (non-hydrogen) atoms. The van der Waals surface area contributed by atoms with E-state index < -0.39 is 0 Å². The predicted octanol–water partition coefficient (Wildman–Crippen LogP) is 2.81. The maximum Gasteiger partial charge on any atom is 0.124 e. The lowest BCUT2D eigenvalue weighted by molar-refractivity contribution is 0.350. The first-order chi connectivity index (χ1) is 7.77. The maximum atomic E-state index is 13.0. The third-order valence-corrected chi connectivity index (χ3v) is 3.19. The molecule has 0 aliphatic rings. The van der Waals surface area contributed by atoms with Gasteiger partial charge in [0.15, 0.2) is 0 Å². The highest BCUT2D eigenvalue weighted by molar-refractivity contribution is 7.98. The monoisotopic (exact) mass is 238 g/mol. The lowest BCUT2D eigenvalue weighted by atomic mass is 10.1. The number of thioether (sulfide) groups is 1. The van der Waals surface area contributed by atoms with Gasteiger partial charge in [-0.25, -0.2) is 4.39 Å². The van der Waals surface area contributed by atoms with Gasteiger partial charge in [-0.15, -0.1) is 0 Å². The van der Waals surface area contributed by atoms with Crippen molar-refractivity contribution in [2.24, 2.45) is 0 Å². The summed E-state index contributed by atoms with van der Waals surface area (Å²) >= 11 is 1.81. The molecular weight excluding hydrogens is 223 g/mol. The van der Waals surface area contributed by atoms with E-state index in [0.717, 1.165) is 23.5 Å². The molecule has 3 heteroatoms. The van der Waals surface area contributed by atoms with Gasteiger partial charge in [-0.3, -0.25) is 0 Å². The number of hydrogen-bond donors (Lipinski definition) is 1. The van der Waals surface area contributed by atoms with Crippen molar-refractivity contribution in [3.8, 4) is 11.8 Å². The fourth-order valence-corrected chi connectivity index (χ4v) is 2.16. The Labute approximate surface area is 100 Å². The summed E-state index contributed by atoms with van der Waals surface area (Å²) < 4.78 is 13.0. The van der Waals surface area contributed by atoms with Gasteiger partial charge in [-0.2, -0.15) is 11.8 Å². The first kappa shape index (κ1) is 13.1. The summed E-state index contributed by atoms with van der Waals surface area (Å²) in [5.74, 6) is 6.97. The molecule has 0 saturated heterocycles. The van der Waals surface area contributed by atoms with Crippen molar-refractivity contribution in [2.45, 2.75) is 19.1 Å². The lowest BCUT2D eigenvalue weighted by Crippen LogP contribution is -1.90.